The smallest absolute Gasteiger partial charge is 0.160 e. The van der Waals surface area contributed by atoms with E-state index in [0.29, 0.717) is 5.92 Å². The van der Waals surface area contributed by atoms with E-state index in [0.717, 1.165) is 45.1 Å². The summed E-state index contributed by atoms with van der Waals surface area (Å²) in [6.07, 6.45) is 4.87. The van der Waals surface area contributed by atoms with Gasteiger partial charge < -0.3 is 4.57 Å². The van der Waals surface area contributed by atoms with Crippen LogP contribution in [-0.2, 0) is 13.5 Å². The summed E-state index contributed by atoms with van der Waals surface area (Å²) in [6, 6.07) is 17.2. The van der Waals surface area contributed by atoms with Gasteiger partial charge in [0.25, 0.3) is 0 Å². The molecular formula is C27H26N4S. The molecule has 0 saturated carbocycles. The van der Waals surface area contributed by atoms with Gasteiger partial charge in [0.1, 0.15) is 5.82 Å². The Morgan fingerprint density at radius 3 is 2.50 bits per heavy atom. The molecule has 4 nitrogen and oxygen atoms in total. The maximum atomic E-state index is 5.01. The maximum Gasteiger partial charge on any atom is 0.160 e. The molecule has 3 heterocycles. The fourth-order valence-electron chi connectivity index (χ4n) is 4.21. The van der Waals surface area contributed by atoms with Crippen molar-refractivity contribution in [3.63, 3.8) is 0 Å². The number of rotatable bonds is 5. The lowest BCUT2D eigenvalue weighted by Gasteiger charge is -2.11. The van der Waals surface area contributed by atoms with Gasteiger partial charge in [0.05, 0.1) is 15.9 Å². The lowest BCUT2D eigenvalue weighted by atomic mass is 9.97. The highest BCUT2D eigenvalue weighted by molar-refractivity contribution is 7.17. The average Bonchev–Trinajstić information content (AvgIpc) is 3.36. The Morgan fingerprint density at radius 2 is 1.78 bits per heavy atom. The van der Waals surface area contributed by atoms with Gasteiger partial charge in [-0.15, -0.1) is 11.3 Å². The predicted octanol–water partition coefficient (Wildman–Crippen LogP) is 6.78. The van der Waals surface area contributed by atoms with Crippen LogP contribution in [0, 0.1) is 6.92 Å². The van der Waals surface area contributed by atoms with Crippen LogP contribution in [0.1, 0.15) is 42.1 Å². The van der Waals surface area contributed by atoms with Crippen molar-refractivity contribution in [3.05, 3.63) is 88.7 Å². The minimum atomic E-state index is 0.425. The number of fused-ring (bicyclic) bond motifs is 1. The monoisotopic (exact) mass is 438 g/mol. The Labute approximate surface area is 192 Å². The molecule has 0 spiro atoms. The molecule has 32 heavy (non-hydrogen) atoms. The van der Waals surface area contributed by atoms with E-state index < -0.39 is 0 Å². The number of benzene rings is 2. The first-order chi connectivity index (χ1) is 15.5. The Bertz CT molecular complexity index is 1390. The third kappa shape index (κ3) is 3.84. The van der Waals surface area contributed by atoms with Gasteiger partial charge in [0, 0.05) is 37.0 Å². The minimum absolute atomic E-state index is 0.425. The molecular weight excluding hydrogens is 412 g/mol. The molecule has 5 aromatic rings. The van der Waals surface area contributed by atoms with E-state index in [2.05, 4.69) is 88.5 Å². The van der Waals surface area contributed by atoms with Crippen molar-refractivity contribution < 1.29 is 0 Å². The van der Waals surface area contributed by atoms with Gasteiger partial charge >= 0.3 is 0 Å². The zero-order chi connectivity index (χ0) is 22.2. The van der Waals surface area contributed by atoms with Crippen LogP contribution in [0.25, 0.3) is 33.0 Å². The highest BCUT2D eigenvalue weighted by atomic mass is 32.1. The second-order valence-electron chi connectivity index (χ2n) is 8.60. The standard InChI is InChI=1S/C27H26N4S/c1-17(2)22-7-5-6-8-23(22)26-28-14-24-25(30-26)21(16-32-24)13-19-9-11-20(12-10-19)27-29-18(3)15-31(27)4/h5-12,14-17H,13H2,1-4H3. The molecule has 0 N–H and O–H groups in total. The Morgan fingerprint density at radius 1 is 1.00 bits per heavy atom. The van der Waals surface area contributed by atoms with Crippen molar-refractivity contribution in [2.75, 3.05) is 0 Å². The molecule has 0 aliphatic rings. The number of thiophene rings is 1. The summed E-state index contributed by atoms with van der Waals surface area (Å²) in [5, 5.41) is 2.22. The molecule has 0 radical (unpaired) electrons. The van der Waals surface area contributed by atoms with Gasteiger partial charge in [0.2, 0.25) is 0 Å². The van der Waals surface area contributed by atoms with Crippen LogP contribution < -0.4 is 0 Å². The SMILES string of the molecule is Cc1cn(C)c(-c2ccc(Cc3csc4cnc(-c5ccccc5C(C)C)nc34)cc2)n1. The summed E-state index contributed by atoms with van der Waals surface area (Å²) < 4.78 is 3.20. The molecule has 0 bridgehead atoms. The van der Waals surface area contributed by atoms with Crippen LogP contribution in [-0.4, -0.2) is 19.5 Å². The van der Waals surface area contributed by atoms with E-state index >= 15 is 0 Å². The molecule has 0 saturated heterocycles. The fraction of sp³-hybridized carbons (Fsp3) is 0.222. The van der Waals surface area contributed by atoms with Gasteiger partial charge in [0.15, 0.2) is 5.82 Å². The summed E-state index contributed by atoms with van der Waals surface area (Å²) in [5.74, 6) is 2.23. The van der Waals surface area contributed by atoms with Crippen molar-refractivity contribution in [2.24, 2.45) is 7.05 Å². The van der Waals surface area contributed by atoms with E-state index in [1.807, 2.05) is 20.2 Å². The van der Waals surface area contributed by atoms with Crippen LogP contribution in [0.3, 0.4) is 0 Å². The quantitative estimate of drug-likeness (QED) is 0.304. The number of nitrogens with zero attached hydrogens (tertiary/aromatic N) is 4. The maximum absolute atomic E-state index is 5.01. The normalized spacial score (nSPS) is 11.5. The van der Waals surface area contributed by atoms with Crippen LogP contribution >= 0.6 is 11.3 Å². The minimum Gasteiger partial charge on any atom is -0.334 e. The number of aryl methyl sites for hydroxylation is 2. The van der Waals surface area contributed by atoms with Crippen LogP contribution in [0.5, 0.6) is 0 Å². The number of hydrogen-bond acceptors (Lipinski definition) is 4. The third-order valence-electron chi connectivity index (χ3n) is 5.81. The number of imidazole rings is 1. The molecule has 5 rings (SSSR count). The second kappa shape index (κ2) is 8.32. The van der Waals surface area contributed by atoms with E-state index in [1.54, 1.807) is 11.3 Å². The van der Waals surface area contributed by atoms with Crippen molar-refractivity contribution in [3.8, 4) is 22.8 Å². The summed E-state index contributed by atoms with van der Waals surface area (Å²) in [5.41, 5.74) is 8.14. The zero-order valence-electron chi connectivity index (χ0n) is 18.8. The summed E-state index contributed by atoms with van der Waals surface area (Å²) >= 11 is 1.71. The van der Waals surface area contributed by atoms with Crippen LogP contribution in [0.15, 0.2) is 66.3 Å². The molecule has 160 valence electrons. The van der Waals surface area contributed by atoms with E-state index in [9.17, 15) is 0 Å². The first-order valence-electron chi connectivity index (χ1n) is 10.9. The lowest BCUT2D eigenvalue weighted by molar-refractivity contribution is 0.866. The zero-order valence-corrected chi connectivity index (χ0v) is 19.6. The van der Waals surface area contributed by atoms with Gasteiger partial charge in [-0.3, -0.25) is 0 Å². The van der Waals surface area contributed by atoms with Gasteiger partial charge in [-0.2, -0.15) is 0 Å². The molecule has 0 amide bonds. The third-order valence-corrected chi connectivity index (χ3v) is 6.77. The van der Waals surface area contributed by atoms with Gasteiger partial charge in [-0.05, 0) is 34.9 Å². The average molecular weight is 439 g/mol. The largest absolute Gasteiger partial charge is 0.334 e. The highest BCUT2D eigenvalue weighted by Crippen LogP contribution is 2.31. The van der Waals surface area contributed by atoms with Crippen molar-refractivity contribution in [1.29, 1.82) is 0 Å². The molecule has 0 unspecified atom stereocenters. The van der Waals surface area contributed by atoms with E-state index in [4.69, 9.17) is 4.98 Å². The second-order valence-corrected chi connectivity index (χ2v) is 9.51. The predicted molar refractivity (Wildman–Crippen MR) is 133 cm³/mol. The summed E-state index contributed by atoms with van der Waals surface area (Å²) in [4.78, 5) is 14.3. The van der Waals surface area contributed by atoms with E-state index in [1.165, 1.54) is 16.7 Å². The van der Waals surface area contributed by atoms with Gasteiger partial charge in [-0.1, -0.05) is 62.4 Å². The van der Waals surface area contributed by atoms with E-state index in [-0.39, 0.29) is 0 Å². The van der Waals surface area contributed by atoms with Crippen LogP contribution in [0.4, 0.5) is 0 Å². The molecule has 0 aliphatic heterocycles. The summed E-state index contributed by atoms with van der Waals surface area (Å²) in [7, 11) is 2.04. The van der Waals surface area contributed by atoms with Gasteiger partial charge in [-0.25, -0.2) is 15.0 Å². The van der Waals surface area contributed by atoms with Crippen molar-refractivity contribution >= 4 is 21.6 Å². The first kappa shape index (κ1) is 20.6. The first-order valence-corrected chi connectivity index (χ1v) is 11.8. The fourth-order valence-corrected chi connectivity index (χ4v) is 5.08. The molecule has 2 aromatic carbocycles. The number of hydrogen-bond donors (Lipinski definition) is 0. The highest BCUT2D eigenvalue weighted by Gasteiger charge is 2.14. The number of aromatic nitrogens is 4. The lowest BCUT2D eigenvalue weighted by Crippen LogP contribution is -1.97. The van der Waals surface area contributed by atoms with Crippen molar-refractivity contribution in [1.82, 2.24) is 19.5 Å². The summed E-state index contributed by atoms with van der Waals surface area (Å²) in [6.45, 7) is 6.45. The Hall–Kier alpha value is -3.31. The molecule has 3 aromatic heterocycles. The Balaban J connectivity index is 1.47. The van der Waals surface area contributed by atoms with Crippen LogP contribution in [0.2, 0.25) is 0 Å². The molecule has 0 aliphatic carbocycles. The molecule has 0 atom stereocenters. The topological polar surface area (TPSA) is 43.6 Å². The Kier molecular flexibility index (Phi) is 5.35. The van der Waals surface area contributed by atoms with Crippen molar-refractivity contribution in [2.45, 2.75) is 33.1 Å². The molecule has 0 fully saturated rings. The molecule has 5 heteroatoms.